The number of halogens is 1. The van der Waals surface area contributed by atoms with Crippen LogP contribution in [0.5, 0.6) is 0 Å². The van der Waals surface area contributed by atoms with Crippen molar-refractivity contribution in [2.75, 3.05) is 5.88 Å². The second-order valence-electron chi connectivity index (χ2n) is 3.11. The lowest BCUT2D eigenvalue weighted by Crippen LogP contribution is -2.01. The maximum absolute atomic E-state index is 11.1. The van der Waals surface area contributed by atoms with E-state index in [2.05, 4.69) is 0 Å². The van der Waals surface area contributed by atoms with Crippen LogP contribution in [0.25, 0.3) is 0 Å². The highest BCUT2D eigenvalue weighted by molar-refractivity contribution is 7.52. The van der Waals surface area contributed by atoms with Crippen molar-refractivity contribution in [3.8, 4) is 0 Å². The van der Waals surface area contributed by atoms with Crippen LogP contribution in [0.4, 0.5) is 5.69 Å². The second-order valence-corrected chi connectivity index (χ2v) is 5.22. The largest absolute Gasteiger partial charge is 0.334 e. The van der Waals surface area contributed by atoms with Gasteiger partial charge in [-0.2, -0.15) is 0 Å². The zero-order chi connectivity index (χ0) is 12.3. The van der Waals surface area contributed by atoms with Crippen LogP contribution >= 0.6 is 19.2 Å². The summed E-state index contributed by atoms with van der Waals surface area (Å²) < 4.78 is 11.1. The van der Waals surface area contributed by atoms with E-state index in [4.69, 9.17) is 21.4 Å². The van der Waals surface area contributed by atoms with Gasteiger partial charge in [-0.25, -0.2) is 0 Å². The van der Waals surface area contributed by atoms with Crippen molar-refractivity contribution in [1.82, 2.24) is 0 Å². The molecular weight excluding hydrogens is 257 g/mol. The Morgan fingerprint density at radius 3 is 2.19 bits per heavy atom. The fourth-order valence-electron chi connectivity index (χ4n) is 1.19. The van der Waals surface area contributed by atoms with Crippen molar-refractivity contribution in [3.05, 3.63) is 39.9 Å². The van der Waals surface area contributed by atoms with Gasteiger partial charge >= 0.3 is 7.60 Å². The average molecular weight is 266 g/mol. The van der Waals surface area contributed by atoms with Gasteiger partial charge in [-0.15, -0.1) is 11.6 Å². The summed E-state index contributed by atoms with van der Waals surface area (Å²) in [4.78, 5) is 27.8. The Hall–Kier alpha value is -0.940. The lowest BCUT2D eigenvalue weighted by atomic mass is 10.1. The fourth-order valence-corrected chi connectivity index (χ4v) is 2.65. The Morgan fingerprint density at radius 1 is 1.38 bits per heavy atom. The van der Waals surface area contributed by atoms with Crippen molar-refractivity contribution in [2.45, 2.75) is 5.66 Å². The number of nitrogens with zero attached hydrogens (tertiary/aromatic N) is 1. The Morgan fingerprint density at radius 2 is 1.88 bits per heavy atom. The third-order valence-corrected chi connectivity index (χ3v) is 3.86. The minimum atomic E-state index is -4.34. The lowest BCUT2D eigenvalue weighted by molar-refractivity contribution is -0.384. The Balaban J connectivity index is 3.05. The maximum Gasteiger partial charge on any atom is 0.334 e. The second kappa shape index (κ2) is 4.93. The van der Waals surface area contributed by atoms with E-state index >= 15 is 0 Å². The number of hydrogen-bond donors (Lipinski definition) is 2. The van der Waals surface area contributed by atoms with Crippen LogP contribution < -0.4 is 0 Å². The quantitative estimate of drug-likeness (QED) is 0.375. The summed E-state index contributed by atoms with van der Waals surface area (Å²) in [5.41, 5.74) is -0.980. The van der Waals surface area contributed by atoms with E-state index < -0.39 is 18.2 Å². The molecule has 0 amide bonds. The molecule has 0 saturated carbocycles. The number of alkyl halides is 1. The number of nitro benzene ring substituents is 1. The first-order valence-corrected chi connectivity index (χ1v) is 6.43. The molecule has 0 saturated heterocycles. The fraction of sp³-hybridized carbons (Fsp3) is 0.250. The predicted octanol–water partition coefficient (Wildman–Crippen LogP) is 2.05. The van der Waals surface area contributed by atoms with Crippen LogP contribution in [-0.2, 0) is 4.57 Å². The van der Waals surface area contributed by atoms with Gasteiger partial charge < -0.3 is 9.79 Å². The zero-order valence-electron chi connectivity index (χ0n) is 7.99. The molecule has 1 rings (SSSR count). The molecule has 0 bridgehead atoms. The van der Waals surface area contributed by atoms with Crippen molar-refractivity contribution in [2.24, 2.45) is 0 Å². The standard InChI is InChI=1S/C8H9ClNO5P/c9-5-8(16(13,14)15)6-1-3-7(4-2-6)10(11)12/h1-4,8H,5H2,(H2,13,14,15). The number of rotatable bonds is 4. The summed E-state index contributed by atoms with van der Waals surface area (Å²) in [6, 6.07) is 4.96. The monoisotopic (exact) mass is 265 g/mol. The van der Waals surface area contributed by atoms with Crippen LogP contribution in [0.3, 0.4) is 0 Å². The predicted molar refractivity (Wildman–Crippen MR) is 58.6 cm³/mol. The van der Waals surface area contributed by atoms with Crippen molar-refractivity contribution in [3.63, 3.8) is 0 Å². The van der Waals surface area contributed by atoms with Gasteiger partial charge in [-0.3, -0.25) is 14.7 Å². The number of hydrogen-bond acceptors (Lipinski definition) is 3. The molecule has 1 aromatic carbocycles. The zero-order valence-corrected chi connectivity index (χ0v) is 9.64. The van der Waals surface area contributed by atoms with Crippen LogP contribution in [0, 0.1) is 10.1 Å². The molecule has 0 aliphatic carbocycles. The van der Waals surface area contributed by atoms with Crippen LogP contribution in [0.15, 0.2) is 24.3 Å². The van der Waals surface area contributed by atoms with E-state index in [0.717, 1.165) is 0 Å². The summed E-state index contributed by atoms with van der Waals surface area (Å²) in [7, 11) is -4.34. The molecule has 1 unspecified atom stereocenters. The van der Waals surface area contributed by atoms with Crippen LogP contribution in [0.1, 0.15) is 11.2 Å². The summed E-state index contributed by atoms with van der Waals surface area (Å²) in [6.07, 6.45) is 0. The summed E-state index contributed by atoms with van der Waals surface area (Å²) in [5, 5.41) is 10.4. The Bertz CT molecular complexity index is 429. The molecule has 88 valence electrons. The summed E-state index contributed by atoms with van der Waals surface area (Å²) in [5.74, 6) is -0.248. The normalized spacial score (nSPS) is 13.4. The van der Waals surface area contributed by atoms with Crippen molar-refractivity contribution in [1.29, 1.82) is 0 Å². The van der Waals surface area contributed by atoms with E-state index in [-0.39, 0.29) is 17.1 Å². The van der Waals surface area contributed by atoms with Crippen LogP contribution in [0.2, 0.25) is 0 Å². The van der Waals surface area contributed by atoms with Gasteiger partial charge in [0.2, 0.25) is 0 Å². The molecule has 0 fully saturated rings. The van der Waals surface area contributed by atoms with Gasteiger partial charge in [0, 0.05) is 18.0 Å². The van der Waals surface area contributed by atoms with E-state index in [1.54, 1.807) is 0 Å². The third-order valence-electron chi connectivity index (χ3n) is 2.04. The van der Waals surface area contributed by atoms with Crippen LogP contribution in [-0.4, -0.2) is 20.6 Å². The molecule has 1 atom stereocenters. The maximum atomic E-state index is 11.1. The van der Waals surface area contributed by atoms with Gasteiger partial charge in [0.25, 0.3) is 5.69 Å². The first kappa shape index (κ1) is 13.1. The summed E-state index contributed by atoms with van der Waals surface area (Å²) in [6.45, 7) is 0. The summed E-state index contributed by atoms with van der Waals surface area (Å²) >= 11 is 5.46. The van der Waals surface area contributed by atoms with Gasteiger partial charge in [0.05, 0.1) is 10.6 Å². The SMILES string of the molecule is O=[N+]([O-])c1ccc(C(CCl)P(=O)(O)O)cc1. The molecule has 1 aromatic rings. The van der Waals surface area contributed by atoms with Crippen molar-refractivity contribution < 1.29 is 19.3 Å². The molecule has 8 heteroatoms. The van der Waals surface area contributed by atoms with Gasteiger partial charge in [0.15, 0.2) is 0 Å². The minimum Gasteiger partial charge on any atom is -0.324 e. The lowest BCUT2D eigenvalue weighted by Gasteiger charge is -2.15. The first-order valence-electron chi connectivity index (χ1n) is 4.22. The molecular formula is C8H9ClNO5P. The highest BCUT2D eigenvalue weighted by Crippen LogP contribution is 2.52. The molecule has 6 nitrogen and oxygen atoms in total. The Kier molecular flexibility index (Phi) is 4.04. The van der Waals surface area contributed by atoms with E-state index in [0.29, 0.717) is 0 Å². The van der Waals surface area contributed by atoms with Crippen molar-refractivity contribution >= 4 is 24.9 Å². The number of non-ortho nitro benzene ring substituents is 1. The third kappa shape index (κ3) is 3.02. The van der Waals surface area contributed by atoms with E-state index in [1.165, 1.54) is 24.3 Å². The number of benzene rings is 1. The molecule has 16 heavy (non-hydrogen) atoms. The highest BCUT2D eigenvalue weighted by atomic mass is 35.5. The van der Waals surface area contributed by atoms with Gasteiger partial charge in [-0.05, 0) is 5.56 Å². The first-order chi connectivity index (χ1) is 7.36. The number of nitro groups is 1. The molecule has 0 heterocycles. The molecule has 0 aliphatic rings. The molecule has 2 N–H and O–H groups in total. The molecule has 0 spiro atoms. The Labute approximate surface area is 96.2 Å². The average Bonchev–Trinajstić information content (AvgIpc) is 2.17. The molecule has 0 aliphatic heterocycles. The highest BCUT2D eigenvalue weighted by Gasteiger charge is 2.29. The van der Waals surface area contributed by atoms with Gasteiger partial charge in [0.1, 0.15) is 0 Å². The molecule has 0 aromatic heterocycles. The van der Waals surface area contributed by atoms with E-state index in [1.807, 2.05) is 0 Å². The topological polar surface area (TPSA) is 101 Å². The minimum absolute atomic E-state index is 0.136. The smallest absolute Gasteiger partial charge is 0.324 e. The van der Waals surface area contributed by atoms with E-state index in [9.17, 15) is 14.7 Å². The van der Waals surface area contributed by atoms with Gasteiger partial charge in [-0.1, -0.05) is 12.1 Å². The molecule has 0 radical (unpaired) electrons.